The number of anilines is 1. The summed E-state index contributed by atoms with van der Waals surface area (Å²) in [5.41, 5.74) is -0.427. The van der Waals surface area contributed by atoms with Gasteiger partial charge in [0.05, 0.1) is 17.8 Å². The first kappa shape index (κ1) is 18.2. The number of amides is 2. The van der Waals surface area contributed by atoms with E-state index in [2.05, 4.69) is 10.4 Å². The number of aryl methyl sites for hydroxylation is 1. The summed E-state index contributed by atoms with van der Waals surface area (Å²) in [7, 11) is 1.77. The second-order valence-corrected chi connectivity index (χ2v) is 6.24. The predicted molar refractivity (Wildman–Crippen MR) is 86.8 cm³/mol. The molecule has 1 unspecified atom stereocenters. The number of alkyl halides is 2. The number of halogens is 4. The summed E-state index contributed by atoms with van der Waals surface area (Å²) in [6.07, 6.45) is 2.76. The largest absolute Gasteiger partial charge is 0.322 e. The fourth-order valence-corrected chi connectivity index (χ4v) is 3.17. The number of rotatable bonds is 3. The number of carbonyl (C=O) groups excluding carboxylic acids is 1. The number of carbonyl (C=O) groups is 1. The van der Waals surface area contributed by atoms with Crippen LogP contribution in [0.15, 0.2) is 24.5 Å². The predicted octanol–water partition coefficient (Wildman–Crippen LogP) is 4.40. The highest BCUT2D eigenvalue weighted by molar-refractivity contribution is 5.89. The van der Waals surface area contributed by atoms with E-state index in [1.807, 2.05) is 6.20 Å². The van der Waals surface area contributed by atoms with Crippen molar-refractivity contribution in [3.63, 3.8) is 0 Å². The summed E-state index contributed by atoms with van der Waals surface area (Å²) in [4.78, 5) is 14.2. The van der Waals surface area contributed by atoms with Crippen LogP contribution in [0.25, 0.3) is 0 Å². The minimum absolute atomic E-state index is 0.209. The monoisotopic (exact) mass is 370 g/mol. The Kier molecular flexibility index (Phi) is 5.15. The molecule has 2 aromatic rings. The molecule has 0 radical (unpaired) electrons. The molecule has 140 valence electrons. The molecular weight excluding hydrogens is 352 g/mol. The summed E-state index contributed by atoms with van der Waals surface area (Å²) in [6.45, 7) is 0.469. The van der Waals surface area contributed by atoms with E-state index in [0.29, 0.717) is 12.6 Å². The van der Waals surface area contributed by atoms with E-state index in [1.54, 1.807) is 22.8 Å². The molecule has 1 aliphatic rings. The Balaban J connectivity index is 1.82. The molecular formula is C17H18F4N4O. The molecule has 0 saturated carbocycles. The van der Waals surface area contributed by atoms with Gasteiger partial charge in [0.15, 0.2) is 11.6 Å². The zero-order valence-electron chi connectivity index (χ0n) is 14.1. The van der Waals surface area contributed by atoms with E-state index >= 15 is 0 Å². The number of nitrogens with zero attached hydrogens (tertiary/aromatic N) is 3. The molecule has 0 aliphatic carbocycles. The molecule has 0 spiro atoms. The Morgan fingerprint density at radius 2 is 2.08 bits per heavy atom. The Bertz CT molecular complexity index is 808. The molecule has 1 fully saturated rings. The van der Waals surface area contributed by atoms with Crippen molar-refractivity contribution in [2.24, 2.45) is 7.05 Å². The highest BCUT2D eigenvalue weighted by atomic mass is 19.3. The first-order valence-electron chi connectivity index (χ1n) is 8.20. The van der Waals surface area contributed by atoms with Crippen molar-refractivity contribution >= 4 is 11.7 Å². The summed E-state index contributed by atoms with van der Waals surface area (Å²) in [5, 5.41) is 6.51. The summed E-state index contributed by atoms with van der Waals surface area (Å²) >= 11 is 0. The summed E-state index contributed by atoms with van der Waals surface area (Å²) in [5.74, 6) is -3.04. The number of hydrogen-bond acceptors (Lipinski definition) is 2. The van der Waals surface area contributed by atoms with Crippen LogP contribution in [0, 0.1) is 11.6 Å². The number of likely N-dealkylation sites (tertiary alicyclic amines) is 1. The van der Waals surface area contributed by atoms with E-state index < -0.39 is 29.7 Å². The van der Waals surface area contributed by atoms with Gasteiger partial charge in [-0.05, 0) is 25.3 Å². The van der Waals surface area contributed by atoms with E-state index in [1.165, 1.54) is 0 Å². The Labute approximate surface area is 147 Å². The summed E-state index contributed by atoms with van der Waals surface area (Å²) < 4.78 is 54.3. The number of urea groups is 1. The maximum atomic E-state index is 13.6. The van der Waals surface area contributed by atoms with E-state index in [0.717, 1.165) is 30.9 Å². The quantitative estimate of drug-likeness (QED) is 0.815. The average molecular weight is 370 g/mol. The molecule has 1 aromatic carbocycles. The van der Waals surface area contributed by atoms with Crippen LogP contribution < -0.4 is 5.32 Å². The minimum atomic E-state index is -3.18. The Hall–Kier alpha value is -2.58. The van der Waals surface area contributed by atoms with Gasteiger partial charge in [-0.3, -0.25) is 4.68 Å². The Morgan fingerprint density at radius 3 is 2.73 bits per heavy atom. The second-order valence-electron chi connectivity index (χ2n) is 6.24. The molecule has 26 heavy (non-hydrogen) atoms. The fraction of sp³-hybridized carbons (Fsp3) is 0.412. The zero-order valence-corrected chi connectivity index (χ0v) is 14.1. The van der Waals surface area contributed by atoms with Crippen molar-refractivity contribution in [3.8, 4) is 0 Å². The second kappa shape index (κ2) is 7.35. The van der Waals surface area contributed by atoms with Gasteiger partial charge in [0.25, 0.3) is 6.43 Å². The first-order valence-corrected chi connectivity index (χ1v) is 8.20. The first-order chi connectivity index (χ1) is 12.4. The molecule has 1 N–H and O–H groups in total. The molecule has 1 aliphatic heterocycles. The third-order valence-electron chi connectivity index (χ3n) is 4.42. The lowest BCUT2D eigenvalue weighted by molar-refractivity contribution is 0.145. The molecule has 0 bridgehead atoms. The van der Waals surface area contributed by atoms with Crippen molar-refractivity contribution in [3.05, 3.63) is 47.3 Å². The van der Waals surface area contributed by atoms with Gasteiger partial charge in [0.2, 0.25) is 0 Å². The molecule has 2 amide bonds. The molecule has 3 rings (SSSR count). The maximum absolute atomic E-state index is 13.6. The van der Waals surface area contributed by atoms with Gasteiger partial charge in [-0.25, -0.2) is 22.4 Å². The van der Waals surface area contributed by atoms with Gasteiger partial charge in [0, 0.05) is 37.1 Å². The van der Waals surface area contributed by atoms with Gasteiger partial charge in [0.1, 0.15) is 0 Å². The third-order valence-corrected chi connectivity index (χ3v) is 4.42. The number of hydrogen-bond donors (Lipinski definition) is 1. The van der Waals surface area contributed by atoms with Crippen LogP contribution in [0.2, 0.25) is 0 Å². The molecule has 9 heteroatoms. The zero-order chi connectivity index (χ0) is 18.8. The number of nitrogens with one attached hydrogen (secondary N) is 1. The normalized spacial score (nSPS) is 17.6. The molecule has 1 atom stereocenters. The van der Waals surface area contributed by atoms with Gasteiger partial charge in [-0.1, -0.05) is 0 Å². The number of aromatic nitrogens is 2. The fourth-order valence-electron chi connectivity index (χ4n) is 3.17. The lowest BCUT2D eigenvalue weighted by Crippen LogP contribution is -2.41. The van der Waals surface area contributed by atoms with Gasteiger partial charge < -0.3 is 10.2 Å². The molecule has 1 aromatic heterocycles. The van der Waals surface area contributed by atoms with Crippen molar-refractivity contribution in [2.45, 2.75) is 31.7 Å². The van der Waals surface area contributed by atoms with Crippen LogP contribution in [0.5, 0.6) is 0 Å². The van der Waals surface area contributed by atoms with E-state index in [4.69, 9.17) is 0 Å². The topological polar surface area (TPSA) is 50.2 Å². The number of benzene rings is 1. The minimum Gasteiger partial charge on any atom is -0.317 e. The van der Waals surface area contributed by atoms with Crippen LogP contribution in [-0.2, 0) is 7.05 Å². The standard InChI is InChI=1S/C17H18F4N4O/c1-24-9-10(8-22-24)14-4-2-3-5-25(14)17(26)23-11-6-12(16(20)21)15(19)13(18)7-11/h6-9,14,16H,2-5H2,1H3,(H,23,26). The highest BCUT2D eigenvalue weighted by Crippen LogP contribution is 2.32. The van der Waals surface area contributed by atoms with E-state index in [-0.39, 0.29) is 11.7 Å². The SMILES string of the molecule is Cn1cc(C2CCCCN2C(=O)Nc2cc(F)c(F)c(C(F)F)c2)cn1. The average Bonchev–Trinajstić information content (AvgIpc) is 3.04. The maximum Gasteiger partial charge on any atom is 0.322 e. The van der Waals surface area contributed by atoms with Gasteiger partial charge in [-0.2, -0.15) is 5.10 Å². The lowest BCUT2D eigenvalue weighted by atomic mass is 9.98. The van der Waals surface area contributed by atoms with Gasteiger partial charge in [-0.15, -0.1) is 0 Å². The van der Waals surface area contributed by atoms with Gasteiger partial charge >= 0.3 is 6.03 Å². The lowest BCUT2D eigenvalue weighted by Gasteiger charge is -2.35. The molecule has 5 nitrogen and oxygen atoms in total. The van der Waals surface area contributed by atoms with Crippen molar-refractivity contribution < 1.29 is 22.4 Å². The van der Waals surface area contributed by atoms with Crippen LogP contribution in [-0.4, -0.2) is 27.3 Å². The summed E-state index contributed by atoms with van der Waals surface area (Å²) in [6, 6.07) is 0.689. The smallest absolute Gasteiger partial charge is 0.317 e. The Morgan fingerprint density at radius 1 is 1.31 bits per heavy atom. The molecule has 1 saturated heterocycles. The van der Waals surface area contributed by atoms with Crippen molar-refractivity contribution in [1.29, 1.82) is 0 Å². The van der Waals surface area contributed by atoms with Crippen LogP contribution in [0.3, 0.4) is 0 Å². The van der Waals surface area contributed by atoms with Crippen LogP contribution in [0.4, 0.5) is 28.0 Å². The van der Waals surface area contributed by atoms with E-state index in [9.17, 15) is 22.4 Å². The van der Waals surface area contributed by atoms with Crippen LogP contribution >= 0.6 is 0 Å². The van der Waals surface area contributed by atoms with Crippen molar-refractivity contribution in [1.82, 2.24) is 14.7 Å². The van der Waals surface area contributed by atoms with Crippen LogP contribution in [0.1, 0.15) is 42.9 Å². The molecule has 2 heterocycles. The third kappa shape index (κ3) is 3.66. The number of piperidine rings is 1. The highest BCUT2D eigenvalue weighted by Gasteiger charge is 2.29. The van der Waals surface area contributed by atoms with Crippen molar-refractivity contribution in [2.75, 3.05) is 11.9 Å².